The topological polar surface area (TPSA) is 87.5 Å². The standard InChI is InChI=1S/C23H26N4O3S/c28-15-5-14-27-22(30)19-6-1-2-7-20(19)25-23(27)31-16-21(29)24-17-8-10-18(11-9-17)26-12-3-4-13-26/h1-2,6-11,28H,3-5,12-16H2,(H,24,29). The van der Waals surface area contributed by atoms with E-state index in [0.29, 0.717) is 29.0 Å². The maximum Gasteiger partial charge on any atom is 0.262 e. The first-order valence-corrected chi connectivity index (χ1v) is 11.5. The van der Waals surface area contributed by atoms with Crippen molar-refractivity contribution in [1.29, 1.82) is 0 Å². The molecule has 8 heteroatoms. The molecule has 0 unspecified atom stereocenters. The zero-order valence-corrected chi connectivity index (χ0v) is 18.1. The Morgan fingerprint density at radius 3 is 2.58 bits per heavy atom. The van der Waals surface area contributed by atoms with Gasteiger partial charge in [-0.3, -0.25) is 14.2 Å². The Kier molecular flexibility index (Phi) is 6.89. The van der Waals surface area contributed by atoms with E-state index in [2.05, 4.69) is 15.2 Å². The fraction of sp³-hybridized carbons (Fsp3) is 0.348. The highest BCUT2D eigenvalue weighted by molar-refractivity contribution is 7.99. The minimum Gasteiger partial charge on any atom is -0.396 e. The van der Waals surface area contributed by atoms with Crippen molar-refractivity contribution >= 4 is 39.9 Å². The first kappa shape index (κ1) is 21.4. The number of aliphatic hydroxyl groups is 1. The second-order valence-corrected chi connectivity index (χ2v) is 8.47. The molecule has 1 aromatic heterocycles. The van der Waals surface area contributed by atoms with Crippen LogP contribution in [0.1, 0.15) is 19.3 Å². The number of benzene rings is 2. The molecule has 1 amide bonds. The van der Waals surface area contributed by atoms with Crippen LogP contribution in [0.2, 0.25) is 0 Å². The van der Waals surface area contributed by atoms with E-state index in [-0.39, 0.29) is 23.8 Å². The van der Waals surface area contributed by atoms with Gasteiger partial charge in [0.05, 0.1) is 16.7 Å². The fourth-order valence-corrected chi connectivity index (χ4v) is 4.57. The number of anilines is 2. The van der Waals surface area contributed by atoms with Gasteiger partial charge in [0.2, 0.25) is 5.91 Å². The number of aliphatic hydroxyl groups excluding tert-OH is 1. The third-order valence-corrected chi connectivity index (χ3v) is 6.30. The summed E-state index contributed by atoms with van der Waals surface area (Å²) in [6.07, 6.45) is 2.90. The number of hydrogen-bond donors (Lipinski definition) is 2. The summed E-state index contributed by atoms with van der Waals surface area (Å²) in [6.45, 7) is 2.50. The lowest BCUT2D eigenvalue weighted by molar-refractivity contribution is -0.113. The van der Waals surface area contributed by atoms with Crippen LogP contribution in [0.15, 0.2) is 58.5 Å². The normalized spacial score (nSPS) is 13.6. The highest BCUT2D eigenvalue weighted by Gasteiger charge is 2.14. The number of nitrogens with one attached hydrogen (secondary N) is 1. The Hall–Kier alpha value is -2.84. The number of amides is 1. The predicted molar refractivity (Wildman–Crippen MR) is 125 cm³/mol. The molecule has 0 radical (unpaired) electrons. The zero-order chi connectivity index (χ0) is 21.6. The van der Waals surface area contributed by atoms with Gasteiger partial charge in [-0.2, -0.15) is 0 Å². The summed E-state index contributed by atoms with van der Waals surface area (Å²) in [5.41, 5.74) is 2.38. The molecule has 0 spiro atoms. The number of hydrogen-bond acceptors (Lipinski definition) is 6. The molecule has 31 heavy (non-hydrogen) atoms. The van der Waals surface area contributed by atoms with E-state index in [1.807, 2.05) is 30.3 Å². The van der Waals surface area contributed by atoms with Gasteiger partial charge in [-0.15, -0.1) is 0 Å². The average molecular weight is 439 g/mol. The molecule has 0 bridgehead atoms. The number of fused-ring (bicyclic) bond motifs is 1. The molecule has 2 heterocycles. The summed E-state index contributed by atoms with van der Waals surface area (Å²) in [7, 11) is 0. The van der Waals surface area contributed by atoms with Gasteiger partial charge in [0.25, 0.3) is 5.56 Å². The van der Waals surface area contributed by atoms with Crippen molar-refractivity contribution in [3.8, 4) is 0 Å². The van der Waals surface area contributed by atoms with Crippen molar-refractivity contribution in [2.45, 2.75) is 31.0 Å². The summed E-state index contributed by atoms with van der Waals surface area (Å²) in [5.74, 6) is -0.0207. The molecule has 0 aliphatic carbocycles. The van der Waals surface area contributed by atoms with E-state index in [9.17, 15) is 14.7 Å². The smallest absolute Gasteiger partial charge is 0.262 e. The zero-order valence-electron chi connectivity index (χ0n) is 17.3. The molecule has 3 aromatic rings. The molecule has 1 fully saturated rings. The Bertz CT molecular complexity index is 1110. The second-order valence-electron chi connectivity index (χ2n) is 7.52. The predicted octanol–water partition coefficient (Wildman–Crippen LogP) is 3.11. The van der Waals surface area contributed by atoms with Gasteiger partial charge in [-0.25, -0.2) is 4.98 Å². The van der Waals surface area contributed by atoms with Gasteiger partial charge < -0.3 is 15.3 Å². The SMILES string of the molecule is O=C(CSc1nc2ccccc2c(=O)n1CCCO)Nc1ccc(N2CCCC2)cc1. The molecule has 4 rings (SSSR count). The van der Waals surface area contributed by atoms with Crippen molar-refractivity contribution in [3.63, 3.8) is 0 Å². The van der Waals surface area contributed by atoms with Gasteiger partial charge in [0, 0.05) is 37.6 Å². The quantitative estimate of drug-likeness (QED) is 0.415. The number of rotatable bonds is 8. The molecule has 0 saturated carbocycles. The summed E-state index contributed by atoms with van der Waals surface area (Å²) in [5, 5.41) is 13.1. The number of nitrogens with zero attached hydrogens (tertiary/aromatic N) is 3. The van der Waals surface area contributed by atoms with E-state index in [4.69, 9.17) is 0 Å². The van der Waals surface area contributed by atoms with Gasteiger partial charge in [-0.05, 0) is 55.7 Å². The highest BCUT2D eigenvalue weighted by Crippen LogP contribution is 2.23. The molecule has 2 N–H and O–H groups in total. The number of para-hydroxylation sites is 1. The average Bonchev–Trinajstić information content (AvgIpc) is 3.33. The third kappa shape index (κ3) is 5.08. The molecule has 0 atom stereocenters. The molecule has 7 nitrogen and oxygen atoms in total. The number of carbonyl (C=O) groups is 1. The molecular weight excluding hydrogens is 412 g/mol. The largest absolute Gasteiger partial charge is 0.396 e. The molecule has 1 saturated heterocycles. The number of carbonyl (C=O) groups excluding carboxylic acids is 1. The summed E-state index contributed by atoms with van der Waals surface area (Å²) >= 11 is 1.23. The number of aromatic nitrogens is 2. The minimum absolute atomic E-state index is 0.0166. The van der Waals surface area contributed by atoms with Gasteiger partial charge in [-0.1, -0.05) is 23.9 Å². The van der Waals surface area contributed by atoms with Crippen LogP contribution in [0.4, 0.5) is 11.4 Å². The van der Waals surface area contributed by atoms with Gasteiger partial charge in [0.15, 0.2) is 5.16 Å². The third-order valence-electron chi connectivity index (χ3n) is 5.32. The van der Waals surface area contributed by atoms with Crippen molar-refractivity contribution < 1.29 is 9.90 Å². The summed E-state index contributed by atoms with van der Waals surface area (Å²) in [6, 6.07) is 15.1. The van der Waals surface area contributed by atoms with Crippen LogP contribution in [0.5, 0.6) is 0 Å². The van der Waals surface area contributed by atoms with E-state index < -0.39 is 0 Å². The first-order chi connectivity index (χ1) is 15.2. The van der Waals surface area contributed by atoms with E-state index in [1.165, 1.54) is 30.3 Å². The Morgan fingerprint density at radius 2 is 1.84 bits per heavy atom. The highest BCUT2D eigenvalue weighted by atomic mass is 32.2. The lowest BCUT2D eigenvalue weighted by Gasteiger charge is -2.17. The van der Waals surface area contributed by atoms with Gasteiger partial charge >= 0.3 is 0 Å². The first-order valence-electron chi connectivity index (χ1n) is 10.5. The van der Waals surface area contributed by atoms with Crippen LogP contribution in [0.25, 0.3) is 10.9 Å². The maximum absolute atomic E-state index is 12.9. The van der Waals surface area contributed by atoms with E-state index in [0.717, 1.165) is 18.8 Å². The number of thioether (sulfide) groups is 1. The summed E-state index contributed by atoms with van der Waals surface area (Å²) in [4.78, 5) is 32.3. The van der Waals surface area contributed by atoms with Crippen LogP contribution in [-0.2, 0) is 11.3 Å². The second kappa shape index (κ2) is 9.98. The van der Waals surface area contributed by atoms with Crippen LogP contribution in [0, 0.1) is 0 Å². The summed E-state index contributed by atoms with van der Waals surface area (Å²) < 4.78 is 1.54. The van der Waals surface area contributed by atoms with Crippen LogP contribution >= 0.6 is 11.8 Å². The monoisotopic (exact) mass is 438 g/mol. The van der Waals surface area contributed by atoms with Crippen LogP contribution < -0.4 is 15.8 Å². The van der Waals surface area contributed by atoms with Crippen molar-refractivity contribution in [2.75, 3.05) is 35.7 Å². The molecular formula is C23H26N4O3S. The Morgan fingerprint density at radius 1 is 1.10 bits per heavy atom. The molecule has 2 aromatic carbocycles. The lowest BCUT2D eigenvalue weighted by Crippen LogP contribution is -2.24. The fourth-order valence-electron chi connectivity index (χ4n) is 3.74. The Balaban J connectivity index is 1.44. The molecule has 162 valence electrons. The molecule has 1 aliphatic rings. The minimum atomic E-state index is -0.157. The van der Waals surface area contributed by atoms with Gasteiger partial charge in [0.1, 0.15) is 0 Å². The van der Waals surface area contributed by atoms with Crippen LogP contribution in [0.3, 0.4) is 0 Å². The van der Waals surface area contributed by atoms with E-state index >= 15 is 0 Å². The van der Waals surface area contributed by atoms with Crippen LogP contribution in [-0.4, -0.2) is 46.0 Å². The van der Waals surface area contributed by atoms with E-state index in [1.54, 1.807) is 22.8 Å². The van der Waals surface area contributed by atoms with Crippen molar-refractivity contribution in [3.05, 3.63) is 58.9 Å². The maximum atomic E-state index is 12.9. The molecule has 1 aliphatic heterocycles. The lowest BCUT2D eigenvalue weighted by atomic mass is 10.2. The Labute approximate surface area is 185 Å². The van der Waals surface area contributed by atoms with Crippen molar-refractivity contribution in [1.82, 2.24) is 9.55 Å². The van der Waals surface area contributed by atoms with Crippen molar-refractivity contribution in [2.24, 2.45) is 0 Å².